The maximum Gasteiger partial charge on any atom is 0.410 e. The molecule has 8 nitrogen and oxygen atoms in total. The number of aromatic amines is 1. The highest BCUT2D eigenvalue weighted by atomic mass is 19.3. The number of anilines is 2. The largest absolute Gasteiger partial charge is 0.447 e. The van der Waals surface area contributed by atoms with E-state index in [1.165, 1.54) is 0 Å². The minimum absolute atomic E-state index is 0.0230. The molecule has 180 valence electrons. The second kappa shape index (κ2) is 8.73. The first-order valence-electron chi connectivity index (χ1n) is 11.5. The molecule has 0 spiro atoms. The molecule has 0 atom stereocenters. The molecule has 0 radical (unpaired) electrons. The Morgan fingerprint density at radius 1 is 1.21 bits per heavy atom. The molecule has 0 aliphatic carbocycles. The minimum atomic E-state index is -2.63. The molecular weight excluding hydrogens is 442 g/mol. The van der Waals surface area contributed by atoms with Crippen LogP contribution < -0.4 is 4.90 Å². The molecule has 0 bridgehead atoms. The van der Waals surface area contributed by atoms with Crippen molar-refractivity contribution in [3.63, 3.8) is 0 Å². The number of carbonyl (C=O) groups is 1. The monoisotopic (exact) mass is 470 g/mol. The van der Waals surface area contributed by atoms with Crippen molar-refractivity contribution in [1.29, 1.82) is 0 Å². The third-order valence-corrected chi connectivity index (χ3v) is 6.38. The van der Waals surface area contributed by atoms with E-state index < -0.39 is 6.43 Å². The van der Waals surface area contributed by atoms with Gasteiger partial charge in [0.05, 0.1) is 18.8 Å². The van der Waals surface area contributed by atoms with Crippen LogP contribution >= 0.6 is 0 Å². The van der Waals surface area contributed by atoms with E-state index in [0.29, 0.717) is 43.0 Å². The molecule has 5 rings (SSSR count). The summed E-state index contributed by atoms with van der Waals surface area (Å²) in [7, 11) is 1.77. The van der Waals surface area contributed by atoms with Gasteiger partial charge in [0.15, 0.2) is 5.82 Å². The van der Waals surface area contributed by atoms with Gasteiger partial charge < -0.3 is 14.5 Å². The van der Waals surface area contributed by atoms with Gasteiger partial charge in [0, 0.05) is 60.8 Å². The van der Waals surface area contributed by atoms with E-state index in [1.54, 1.807) is 35.1 Å². The number of fused-ring (bicyclic) bond motifs is 2. The van der Waals surface area contributed by atoms with Crippen molar-refractivity contribution in [1.82, 2.24) is 24.9 Å². The summed E-state index contributed by atoms with van der Waals surface area (Å²) in [5.74, 6) is 0.687. The second-order valence-corrected chi connectivity index (χ2v) is 9.14. The van der Waals surface area contributed by atoms with Crippen LogP contribution in [0.2, 0.25) is 0 Å². The Kier molecular flexibility index (Phi) is 5.75. The van der Waals surface area contributed by atoms with Gasteiger partial charge in [0.1, 0.15) is 0 Å². The smallest absolute Gasteiger partial charge is 0.410 e. The lowest BCUT2D eigenvalue weighted by Crippen LogP contribution is -2.38. The summed E-state index contributed by atoms with van der Waals surface area (Å²) >= 11 is 0. The molecule has 0 saturated heterocycles. The van der Waals surface area contributed by atoms with Crippen LogP contribution in [0, 0.1) is 0 Å². The van der Waals surface area contributed by atoms with E-state index >= 15 is 0 Å². The average molecular weight is 471 g/mol. The summed E-state index contributed by atoms with van der Waals surface area (Å²) < 4.78 is 35.3. The van der Waals surface area contributed by atoms with Crippen LogP contribution in [0.25, 0.3) is 11.1 Å². The zero-order valence-corrected chi connectivity index (χ0v) is 19.5. The van der Waals surface area contributed by atoms with Crippen molar-refractivity contribution in [2.24, 2.45) is 7.05 Å². The summed E-state index contributed by atoms with van der Waals surface area (Å²) in [6.45, 7) is 5.22. The van der Waals surface area contributed by atoms with Crippen molar-refractivity contribution in [3.05, 3.63) is 46.9 Å². The predicted octanol–water partition coefficient (Wildman–Crippen LogP) is 4.74. The molecule has 2 aliphatic heterocycles. The molecule has 1 aromatic carbocycles. The summed E-state index contributed by atoms with van der Waals surface area (Å²) in [6, 6.07) is 3.46. The molecule has 34 heavy (non-hydrogen) atoms. The minimum Gasteiger partial charge on any atom is -0.447 e. The number of nitrogens with zero attached hydrogens (tertiary/aromatic N) is 5. The van der Waals surface area contributed by atoms with Gasteiger partial charge in [-0.05, 0) is 49.9 Å². The van der Waals surface area contributed by atoms with Gasteiger partial charge in [-0.1, -0.05) is 0 Å². The van der Waals surface area contributed by atoms with E-state index in [0.717, 1.165) is 35.3 Å². The van der Waals surface area contributed by atoms with Crippen LogP contribution in [0.15, 0.2) is 24.5 Å². The highest BCUT2D eigenvalue weighted by Gasteiger charge is 2.31. The maximum atomic E-state index is 14.2. The molecule has 10 heteroatoms. The number of aryl methyl sites for hydroxylation is 2. The Bertz CT molecular complexity index is 1220. The van der Waals surface area contributed by atoms with Gasteiger partial charge in [-0.3, -0.25) is 9.78 Å². The van der Waals surface area contributed by atoms with E-state index in [-0.39, 0.29) is 17.8 Å². The number of benzene rings is 1. The molecule has 1 amide bonds. The van der Waals surface area contributed by atoms with Crippen LogP contribution in [-0.4, -0.2) is 50.2 Å². The van der Waals surface area contributed by atoms with Gasteiger partial charge in [0.2, 0.25) is 0 Å². The Morgan fingerprint density at radius 3 is 2.74 bits per heavy atom. The van der Waals surface area contributed by atoms with Crippen molar-refractivity contribution >= 4 is 17.6 Å². The number of alkyl halides is 2. The molecule has 4 heterocycles. The summed E-state index contributed by atoms with van der Waals surface area (Å²) in [5, 5.41) is 11.8. The third-order valence-electron chi connectivity index (χ3n) is 6.38. The lowest BCUT2D eigenvalue weighted by atomic mass is 9.93. The standard InChI is InChI=1S/C24H28F2N6O2/c1-14(2)34-24(33)31-8-6-20-19(13-31)23(29-28-20)32-7-4-5-15-9-17(16-11-27-30(3)12-16)18(22(25)26)10-21(15)32/h9-12,14,22H,4-8,13H2,1-3H3,(H,28,29). The molecule has 0 saturated carbocycles. The second-order valence-electron chi connectivity index (χ2n) is 9.14. The number of hydrogen-bond acceptors (Lipinski definition) is 5. The highest BCUT2D eigenvalue weighted by Crippen LogP contribution is 2.42. The van der Waals surface area contributed by atoms with E-state index in [9.17, 15) is 13.6 Å². The lowest BCUT2D eigenvalue weighted by Gasteiger charge is -2.33. The average Bonchev–Trinajstić information content (AvgIpc) is 3.43. The molecular formula is C24H28F2N6O2. The van der Waals surface area contributed by atoms with E-state index in [2.05, 4.69) is 15.3 Å². The Hall–Kier alpha value is -3.43. The van der Waals surface area contributed by atoms with Crippen molar-refractivity contribution in [3.8, 4) is 11.1 Å². The van der Waals surface area contributed by atoms with Crippen molar-refractivity contribution in [2.75, 3.05) is 18.0 Å². The zero-order chi connectivity index (χ0) is 24.0. The van der Waals surface area contributed by atoms with Crippen LogP contribution in [0.3, 0.4) is 0 Å². The van der Waals surface area contributed by atoms with Gasteiger partial charge in [-0.2, -0.15) is 10.2 Å². The van der Waals surface area contributed by atoms with Gasteiger partial charge in [-0.15, -0.1) is 0 Å². The van der Waals surface area contributed by atoms with Crippen molar-refractivity contribution < 1.29 is 18.3 Å². The first-order valence-corrected chi connectivity index (χ1v) is 11.5. The number of halogens is 2. The summed E-state index contributed by atoms with van der Waals surface area (Å²) in [5.41, 5.74) is 4.78. The van der Waals surface area contributed by atoms with Gasteiger partial charge in [0.25, 0.3) is 6.43 Å². The zero-order valence-electron chi connectivity index (χ0n) is 19.5. The number of ether oxygens (including phenoxy) is 1. The molecule has 3 aromatic rings. The van der Waals surface area contributed by atoms with Crippen LogP contribution in [0.4, 0.5) is 25.1 Å². The molecule has 1 N–H and O–H groups in total. The molecule has 0 fully saturated rings. The number of carbonyl (C=O) groups excluding carboxylic acids is 1. The molecule has 2 aliphatic rings. The summed E-state index contributed by atoms with van der Waals surface area (Å²) in [4.78, 5) is 16.2. The first-order chi connectivity index (χ1) is 16.3. The fraction of sp³-hybridized carbons (Fsp3) is 0.458. The van der Waals surface area contributed by atoms with Gasteiger partial charge >= 0.3 is 6.09 Å². The fourth-order valence-electron chi connectivity index (χ4n) is 4.79. The lowest BCUT2D eigenvalue weighted by molar-refractivity contribution is 0.0729. The maximum absolute atomic E-state index is 14.2. The highest BCUT2D eigenvalue weighted by molar-refractivity contribution is 5.77. The number of rotatable bonds is 4. The number of H-pyrrole nitrogens is 1. The number of hydrogen-bond donors (Lipinski definition) is 1. The fourth-order valence-corrected chi connectivity index (χ4v) is 4.79. The number of nitrogens with one attached hydrogen (secondary N) is 1. The normalized spacial score (nSPS) is 15.6. The summed E-state index contributed by atoms with van der Waals surface area (Å²) in [6.07, 6.45) is 2.49. The topological polar surface area (TPSA) is 79.3 Å². The van der Waals surface area contributed by atoms with E-state index in [4.69, 9.17) is 4.74 Å². The van der Waals surface area contributed by atoms with Gasteiger partial charge in [-0.25, -0.2) is 13.6 Å². The SMILES string of the molecule is CC(C)OC(=O)N1CCc2[nH]nc(N3CCCc4cc(-c5cnn(C)c5)c(C(F)F)cc43)c2C1. The molecule has 0 unspecified atom stereocenters. The van der Waals surface area contributed by atoms with Crippen LogP contribution in [0.1, 0.15) is 49.1 Å². The van der Waals surface area contributed by atoms with Crippen LogP contribution in [-0.2, 0) is 31.2 Å². The first kappa shape index (κ1) is 22.4. The van der Waals surface area contributed by atoms with Crippen LogP contribution in [0.5, 0.6) is 0 Å². The number of amides is 1. The number of aromatic nitrogens is 4. The molecule has 2 aromatic heterocycles. The Balaban J connectivity index is 1.52. The Labute approximate surface area is 196 Å². The van der Waals surface area contributed by atoms with E-state index in [1.807, 2.05) is 24.8 Å². The quantitative estimate of drug-likeness (QED) is 0.596. The van der Waals surface area contributed by atoms with Crippen molar-refractivity contribution in [2.45, 2.75) is 52.2 Å². The predicted molar refractivity (Wildman–Crippen MR) is 123 cm³/mol. The Morgan fingerprint density at radius 2 is 2.03 bits per heavy atom. The third kappa shape index (κ3) is 4.01.